The first kappa shape index (κ1) is 20.1. The number of hydrogen-bond donors (Lipinski definition) is 1. The predicted molar refractivity (Wildman–Crippen MR) is 112 cm³/mol. The van der Waals surface area contributed by atoms with Crippen molar-refractivity contribution in [2.45, 2.75) is 13.5 Å². The lowest BCUT2D eigenvalue weighted by Crippen LogP contribution is -2.17. The number of nitrogens with one attached hydrogen (secondary N) is 1. The van der Waals surface area contributed by atoms with Crippen LogP contribution in [0.2, 0.25) is 0 Å². The van der Waals surface area contributed by atoms with E-state index in [-0.39, 0.29) is 12.5 Å². The summed E-state index contributed by atoms with van der Waals surface area (Å²) in [5, 5.41) is 2.59. The third-order valence-electron chi connectivity index (χ3n) is 4.36. The summed E-state index contributed by atoms with van der Waals surface area (Å²) in [6.07, 6.45) is 5.24. The van der Waals surface area contributed by atoms with Crippen molar-refractivity contribution in [3.05, 3.63) is 89.5 Å². The summed E-state index contributed by atoms with van der Waals surface area (Å²) in [7, 11) is 1.58. The van der Waals surface area contributed by atoms with Crippen LogP contribution in [0.1, 0.15) is 34.2 Å². The molecule has 6 nitrogen and oxygen atoms in total. The van der Waals surface area contributed by atoms with Crippen molar-refractivity contribution in [2.75, 3.05) is 13.7 Å². The smallest absolute Gasteiger partial charge is 0.341 e. The van der Waals surface area contributed by atoms with Gasteiger partial charge in [-0.2, -0.15) is 0 Å². The van der Waals surface area contributed by atoms with Gasteiger partial charge in [-0.1, -0.05) is 42.5 Å². The summed E-state index contributed by atoms with van der Waals surface area (Å²) in [6, 6.07) is 17.0. The Bertz CT molecular complexity index is 1010. The molecule has 0 aliphatic carbocycles. The number of ether oxygens (including phenoxy) is 1. The molecule has 1 heterocycles. The second kappa shape index (κ2) is 9.50. The highest BCUT2D eigenvalue weighted by Gasteiger charge is 2.19. The minimum Gasteiger partial charge on any atom is -0.462 e. The molecule has 1 amide bonds. The fourth-order valence-corrected chi connectivity index (χ4v) is 2.93. The van der Waals surface area contributed by atoms with Gasteiger partial charge < -0.3 is 14.6 Å². The van der Waals surface area contributed by atoms with Crippen molar-refractivity contribution < 1.29 is 14.3 Å². The van der Waals surface area contributed by atoms with Gasteiger partial charge in [-0.3, -0.25) is 4.79 Å². The molecule has 0 aliphatic heterocycles. The van der Waals surface area contributed by atoms with Crippen LogP contribution in [-0.4, -0.2) is 35.1 Å². The summed E-state index contributed by atoms with van der Waals surface area (Å²) < 4.78 is 7.17. The van der Waals surface area contributed by atoms with Crippen molar-refractivity contribution in [3.63, 3.8) is 0 Å². The first-order chi connectivity index (χ1) is 14.1. The number of imidazole rings is 1. The highest BCUT2D eigenvalue weighted by Crippen LogP contribution is 2.20. The molecule has 0 atom stereocenters. The molecule has 0 spiro atoms. The molecule has 0 radical (unpaired) electrons. The van der Waals surface area contributed by atoms with E-state index in [0.717, 1.165) is 11.1 Å². The van der Waals surface area contributed by atoms with Crippen LogP contribution in [0.3, 0.4) is 0 Å². The summed E-state index contributed by atoms with van der Waals surface area (Å²) in [5.74, 6) is -0.0735. The van der Waals surface area contributed by atoms with E-state index >= 15 is 0 Å². The van der Waals surface area contributed by atoms with Crippen LogP contribution in [0.15, 0.2) is 67.0 Å². The van der Waals surface area contributed by atoms with Crippen LogP contribution in [0.5, 0.6) is 0 Å². The molecule has 29 heavy (non-hydrogen) atoms. The lowest BCUT2D eigenvalue weighted by Gasteiger charge is -2.11. The molecule has 1 aromatic heterocycles. The summed E-state index contributed by atoms with van der Waals surface area (Å²) >= 11 is 0. The van der Waals surface area contributed by atoms with E-state index in [4.69, 9.17) is 4.74 Å². The van der Waals surface area contributed by atoms with Gasteiger partial charge in [0.1, 0.15) is 11.4 Å². The molecule has 3 aromatic rings. The number of aromatic nitrogens is 2. The highest BCUT2D eigenvalue weighted by atomic mass is 16.5. The van der Waals surface area contributed by atoms with Gasteiger partial charge in [0.25, 0.3) is 5.91 Å². The Morgan fingerprint density at radius 1 is 1.10 bits per heavy atom. The van der Waals surface area contributed by atoms with Crippen LogP contribution in [0.4, 0.5) is 0 Å². The fourth-order valence-electron chi connectivity index (χ4n) is 2.93. The average molecular weight is 389 g/mol. The first-order valence-corrected chi connectivity index (χ1v) is 9.38. The van der Waals surface area contributed by atoms with Crippen LogP contribution >= 0.6 is 0 Å². The highest BCUT2D eigenvalue weighted by molar-refractivity contribution is 6.20. The number of hydrogen-bond acceptors (Lipinski definition) is 4. The SMILES string of the molecule is CCOC(=O)C(=Cc1ccc(C(=O)NC)cc1)c1nccn1Cc1ccccc1. The Hall–Kier alpha value is -3.67. The Labute approximate surface area is 169 Å². The monoisotopic (exact) mass is 389 g/mol. The second-order valence-electron chi connectivity index (χ2n) is 6.34. The van der Waals surface area contributed by atoms with Crippen LogP contribution in [0, 0.1) is 0 Å². The average Bonchev–Trinajstić information content (AvgIpc) is 3.20. The maximum absolute atomic E-state index is 12.7. The largest absolute Gasteiger partial charge is 0.462 e. The zero-order valence-corrected chi connectivity index (χ0v) is 16.5. The van der Waals surface area contributed by atoms with Crippen molar-refractivity contribution in [1.82, 2.24) is 14.9 Å². The van der Waals surface area contributed by atoms with Gasteiger partial charge in [0.2, 0.25) is 0 Å². The van der Waals surface area contributed by atoms with Crippen molar-refractivity contribution in [2.24, 2.45) is 0 Å². The molecule has 1 N–H and O–H groups in total. The third-order valence-corrected chi connectivity index (χ3v) is 4.36. The Kier molecular flexibility index (Phi) is 6.58. The van der Waals surface area contributed by atoms with E-state index in [9.17, 15) is 9.59 Å². The molecule has 0 saturated heterocycles. The number of carbonyl (C=O) groups is 2. The van der Waals surface area contributed by atoms with Crippen LogP contribution < -0.4 is 5.32 Å². The molecule has 0 aliphatic rings. The van der Waals surface area contributed by atoms with Crippen LogP contribution in [-0.2, 0) is 16.1 Å². The van der Waals surface area contributed by atoms with Gasteiger partial charge in [0.05, 0.1) is 6.61 Å². The van der Waals surface area contributed by atoms with Gasteiger partial charge in [0.15, 0.2) is 0 Å². The molecule has 3 rings (SSSR count). The fraction of sp³-hybridized carbons (Fsp3) is 0.174. The standard InChI is InChI=1S/C23H23N3O3/c1-3-29-23(28)20(15-17-9-11-19(12-10-17)22(27)24-2)21-25-13-14-26(21)16-18-7-5-4-6-8-18/h4-15H,3,16H2,1-2H3,(H,24,27). The number of amides is 1. The number of esters is 1. The lowest BCUT2D eigenvalue weighted by molar-refractivity contribution is -0.136. The van der Waals surface area contributed by atoms with Crippen molar-refractivity contribution >= 4 is 23.5 Å². The number of nitrogens with zero attached hydrogens (tertiary/aromatic N) is 2. The summed E-state index contributed by atoms with van der Waals surface area (Å²) in [4.78, 5) is 28.8. The van der Waals surface area contributed by atoms with Gasteiger partial charge in [-0.25, -0.2) is 9.78 Å². The number of rotatable bonds is 7. The van der Waals surface area contributed by atoms with E-state index in [1.165, 1.54) is 0 Å². The predicted octanol–water partition coefficient (Wildman–Crippen LogP) is 3.39. The molecule has 0 saturated carbocycles. The summed E-state index contributed by atoms with van der Waals surface area (Å²) in [5.41, 5.74) is 2.79. The maximum Gasteiger partial charge on any atom is 0.341 e. The van der Waals surface area contributed by atoms with Crippen molar-refractivity contribution in [3.8, 4) is 0 Å². The van der Waals surface area contributed by atoms with Crippen LogP contribution in [0.25, 0.3) is 11.6 Å². The first-order valence-electron chi connectivity index (χ1n) is 9.38. The van der Waals surface area contributed by atoms with Crippen molar-refractivity contribution in [1.29, 1.82) is 0 Å². The Morgan fingerprint density at radius 3 is 2.48 bits per heavy atom. The Balaban J connectivity index is 1.96. The minimum absolute atomic E-state index is 0.162. The quantitative estimate of drug-likeness (QED) is 0.497. The Morgan fingerprint density at radius 2 is 1.83 bits per heavy atom. The maximum atomic E-state index is 12.7. The molecular formula is C23H23N3O3. The molecular weight excluding hydrogens is 366 g/mol. The topological polar surface area (TPSA) is 73.2 Å². The molecule has 148 valence electrons. The minimum atomic E-state index is -0.441. The normalized spacial score (nSPS) is 11.2. The molecule has 2 aromatic carbocycles. The number of carbonyl (C=O) groups excluding carboxylic acids is 2. The van der Waals surface area contributed by atoms with E-state index in [1.807, 2.05) is 41.1 Å². The van der Waals surface area contributed by atoms with Gasteiger partial charge in [-0.05, 0) is 36.3 Å². The zero-order valence-electron chi connectivity index (χ0n) is 16.5. The third kappa shape index (κ3) is 4.99. The van der Waals surface area contributed by atoms with Gasteiger partial charge in [0, 0.05) is 31.5 Å². The molecule has 6 heteroatoms. The molecule has 0 bridgehead atoms. The zero-order chi connectivity index (χ0) is 20.6. The van der Waals surface area contributed by atoms with E-state index < -0.39 is 5.97 Å². The lowest BCUT2D eigenvalue weighted by atomic mass is 10.1. The summed E-state index contributed by atoms with van der Waals surface area (Å²) in [6.45, 7) is 2.62. The van der Waals surface area contributed by atoms with E-state index in [0.29, 0.717) is 23.5 Å². The number of benzene rings is 2. The van der Waals surface area contributed by atoms with E-state index in [1.54, 1.807) is 50.5 Å². The van der Waals surface area contributed by atoms with E-state index in [2.05, 4.69) is 10.3 Å². The van der Waals surface area contributed by atoms with Gasteiger partial charge in [-0.15, -0.1) is 0 Å². The second-order valence-corrected chi connectivity index (χ2v) is 6.34. The van der Waals surface area contributed by atoms with Gasteiger partial charge >= 0.3 is 5.97 Å². The molecule has 0 fully saturated rings. The molecule has 0 unspecified atom stereocenters.